The topological polar surface area (TPSA) is 70.8 Å². The normalized spacial score (nSPS) is 19.6. The van der Waals surface area contributed by atoms with Crippen LogP contribution in [0.1, 0.15) is 47.6 Å². The van der Waals surface area contributed by atoms with Crippen LogP contribution < -0.4 is 0 Å². The fraction of sp³-hybridized carbons (Fsp3) is 0.682. The van der Waals surface area contributed by atoms with Crippen LogP contribution >= 0.6 is 11.3 Å². The largest absolute Gasteiger partial charge is 0.396 e. The van der Waals surface area contributed by atoms with Gasteiger partial charge in [0.25, 0.3) is 0 Å². The minimum atomic E-state index is -0.547. The van der Waals surface area contributed by atoms with Gasteiger partial charge in [0.15, 0.2) is 0 Å². The maximum Gasteiger partial charge on any atom is 0.0966 e. The SMILES string of the molecule is CCc1cc2c(s1)CCOC21CCN(Cc2cnn(CC(C)(CO)CO)c2)CC1. The van der Waals surface area contributed by atoms with Gasteiger partial charge >= 0.3 is 0 Å². The summed E-state index contributed by atoms with van der Waals surface area (Å²) < 4.78 is 8.22. The van der Waals surface area contributed by atoms with E-state index >= 15 is 0 Å². The van der Waals surface area contributed by atoms with E-state index in [1.165, 1.54) is 16.0 Å². The van der Waals surface area contributed by atoms with Crippen molar-refractivity contribution in [2.75, 3.05) is 32.9 Å². The van der Waals surface area contributed by atoms with E-state index in [0.717, 1.165) is 51.9 Å². The Morgan fingerprint density at radius 3 is 2.72 bits per heavy atom. The predicted molar refractivity (Wildman–Crippen MR) is 114 cm³/mol. The van der Waals surface area contributed by atoms with Crippen LogP contribution in [0.5, 0.6) is 0 Å². The van der Waals surface area contributed by atoms with Crippen LogP contribution in [0.25, 0.3) is 0 Å². The van der Waals surface area contributed by atoms with Gasteiger partial charge in [-0.15, -0.1) is 11.3 Å². The minimum absolute atomic E-state index is 0.0583. The molecule has 1 spiro atoms. The number of hydrogen-bond acceptors (Lipinski definition) is 6. The summed E-state index contributed by atoms with van der Waals surface area (Å²) in [6, 6.07) is 2.40. The number of aromatic nitrogens is 2. The van der Waals surface area contributed by atoms with Crippen LogP contribution in [-0.2, 0) is 36.3 Å². The molecule has 2 aromatic heterocycles. The lowest BCUT2D eigenvalue weighted by Gasteiger charge is -2.44. The molecule has 2 aliphatic heterocycles. The quantitative estimate of drug-likeness (QED) is 0.722. The summed E-state index contributed by atoms with van der Waals surface area (Å²) in [7, 11) is 0. The summed E-state index contributed by atoms with van der Waals surface area (Å²) in [6.45, 7) is 8.26. The van der Waals surface area contributed by atoms with Gasteiger partial charge in [0, 0.05) is 53.0 Å². The molecule has 0 aromatic carbocycles. The van der Waals surface area contributed by atoms with Crippen LogP contribution in [-0.4, -0.2) is 57.8 Å². The number of thiophene rings is 1. The zero-order valence-electron chi connectivity index (χ0n) is 17.6. The van der Waals surface area contributed by atoms with Crippen molar-refractivity contribution < 1.29 is 14.9 Å². The van der Waals surface area contributed by atoms with Gasteiger partial charge in [0.1, 0.15) is 0 Å². The van der Waals surface area contributed by atoms with Crippen LogP contribution in [0.15, 0.2) is 18.5 Å². The Morgan fingerprint density at radius 2 is 2.03 bits per heavy atom. The first-order valence-corrected chi connectivity index (χ1v) is 11.5. The maximum absolute atomic E-state index is 9.50. The number of hydrogen-bond donors (Lipinski definition) is 2. The first kappa shape index (κ1) is 21.0. The second kappa shape index (κ2) is 8.47. The van der Waals surface area contributed by atoms with Crippen LogP contribution in [0, 0.1) is 5.41 Å². The molecule has 0 bridgehead atoms. The first-order valence-electron chi connectivity index (χ1n) is 10.7. The summed E-state index contributed by atoms with van der Waals surface area (Å²) >= 11 is 1.98. The van der Waals surface area contributed by atoms with Crippen molar-refractivity contribution in [3.63, 3.8) is 0 Å². The van der Waals surface area contributed by atoms with E-state index in [1.807, 2.05) is 35.3 Å². The molecule has 0 radical (unpaired) electrons. The molecule has 6 nitrogen and oxygen atoms in total. The van der Waals surface area contributed by atoms with Crippen molar-refractivity contribution in [1.82, 2.24) is 14.7 Å². The van der Waals surface area contributed by atoms with Gasteiger partial charge in [-0.1, -0.05) is 13.8 Å². The molecular formula is C22H33N3O3S. The number of aryl methyl sites for hydroxylation is 1. The lowest BCUT2D eigenvalue weighted by atomic mass is 9.82. The molecule has 0 atom stereocenters. The Morgan fingerprint density at radius 1 is 1.28 bits per heavy atom. The molecule has 1 fully saturated rings. The molecule has 160 valence electrons. The highest BCUT2D eigenvalue weighted by Crippen LogP contribution is 2.44. The van der Waals surface area contributed by atoms with Crippen molar-refractivity contribution >= 4 is 11.3 Å². The van der Waals surface area contributed by atoms with Crippen molar-refractivity contribution in [2.24, 2.45) is 5.41 Å². The van der Waals surface area contributed by atoms with Gasteiger partial charge in [-0.2, -0.15) is 5.10 Å². The third kappa shape index (κ3) is 4.30. The third-order valence-corrected chi connectivity index (χ3v) is 7.81. The number of aliphatic hydroxyl groups excluding tert-OH is 2. The summed E-state index contributed by atoms with van der Waals surface area (Å²) in [5.41, 5.74) is 2.01. The minimum Gasteiger partial charge on any atom is -0.396 e. The summed E-state index contributed by atoms with van der Waals surface area (Å²) in [4.78, 5) is 5.50. The highest BCUT2D eigenvalue weighted by molar-refractivity contribution is 7.12. The molecule has 4 heterocycles. The molecule has 7 heteroatoms. The number of rotatable bonds is 7. The molecule has 2 aliphatic rings. The molecule has 0 aliphatic carbocycles. The van der Waals surface area contributed by atoms with Gasteiger partial charge in [-0.25, -0.2) is 0 Å². The van der Waals surface area contributed by atoms with Gasteiger partial charge in [0.2, 0.25) is 0 Å². The molecule has 2 N–H and O–H groups in total. The molecular weight excluding hydrogens is 386 g/mol. The Bertz CT molecular complexity index is 819. The smallest absolute Gasteiger partial charge is 0.0966 e. The van der Waals surface area contributed by atoms with E-state index in [1.54, 1.807) is 4.88 Å². The lowest BCUT2D eigenvalue weighted by molar-refractivity contribution is -0.0981. The van der Waals surface area contributed by atoms with E-state index in [0.29, 0.717) is 6.54 Å². The fourth-order valence-electron chi connectivity index (χ4n) is 4.51. The third-order valence-electron chi connectivity index (χ3n) is 6.47. The lowest BCUT2D eigenvalue weighted by Crippen LogP contribution is -2.45. The molecule has 0 saturated carbocycles. The number of nitrogens with zero attached hydrogens (tertiary/aromatic N) is 3. The number of ether oxygens (including phenoxy) is 1. The van der Waals surface area contributed by atoms with Crippen molar-refractivity contribution in [2.45, 2.75) is 58.2 Å². The monoisotopic (exact) mass is 419 g/mol. The van der Waals surface area contributed by atoms with E-state index in [9.17, 15) is 10.2 Å². The van der Waals surface area contributed by atoms with Gasteiger partial charge in [0.05, 0.1) is 38.2 Å². The summed E-state index contributed by atoms with van der Waals surface area (Å²) in [5.74, 6) is 0. The van der Waals surface area contributed by atoms with E-state index < -0.39 is 5.41 Å². The van der Waals surface area contributed by atoms with Crippen molar-refractivity contribution in [3.05, 3.63) is 39.3 Å². The van der Waals surface area contributed by atoms with E-state index in [2.05, 4.69) is 23.0 Å². The Kier molecular flexibility index (Phi) is 6.14. The van der Waals surface area contributed by atoms with E-state index in [4.69, 9.17) is 4.74 Å². The standard InChI is InChI=1S/C22H33N3O3S/c1-3-18-10-19-20(29-18)4-9-28-22(19)5-7-24(8-6-22)12-17-11-23-25(13-17)14-21(2,15-26)16-27/h10-11,13,26-27H,3-9,12,14-16H2,1-2H3. The van der Waals surface area contributed by atoms with Gasteiger partial charge in [-0.05, 0) is 30.9 Å². The van der Waals surface area contributed by atoms with Crippen molar-refractivity contribution in [1.29, 1.82) is 0 Å². The predicted octanol–water partition coefficient (Wildman–Crippen LogP) is 2.56. The van der Waals surface area contributed by atoms with Crippen LogP contribution in [0.2, 0.25) is 0 Å². The average Bonchev–Trinajstić information content (AvgIpc) is 3.37. The molecule has 1 saturated heterocycles. The average molecular weight is 420 g/mol. The molecule has 0 unspecified atom stereocenters. The van der Waals surface area contributed by atoms with Crippen LogP contribution in [0.3, 0.4) is 0 Å². The molecule has 4 rings (SSSR count). The zero-order chi connectivity index (χ0) is 20.5. The first-order chi connectivity index (χ1) is 14.0. The van der Waals surface area contributed by atoms with Crippen LogP contribution in [0.4, 0.5) is 0 Å². The number of likely N-dealkylation sites (tertiary alicyclic amines) is 1. The summed E-state index contributed by atoms with van der Waals surface area (Å²) in [5, 5.41) is 23.4. The highest BCUT2D eigenvalue weighted by atomic mass is 32.1. The Labute approximate surface area is 177 Å². The number of aliphatic hydroxyl groups is 2. The highest BCUT2D eigenvalue weighted by Gasteiger charge is 2.41. The maximum atomic E-state index is 9.50. The zero-order valence-corrected chi connectivity index (χ0v) is 18.4. The second-order valence-electron chi connectivity index (χ2n) is 8.95. The van der Waals surface area contributed by atoms with Gasteiger partial charge in [-0.3, -0.25) is 9.58 Å². The van der Waals surface area contributed by atoms with E-state index in [-0.39, 0.29) is 18.8 Å². The summed E-state index contributed by atoms with van der Waals surface area (Å²) in [6.07, 6.45) is 8.19. The van der Waals surface area contributed by atoms with Gasteiger partial charge < -0.3 is 14.9 Å². The Balaban J connectivity index is 1.37. The van der Waals surface area contributed by atoms with Crippen molar-refractivity contribution in [3.8, 4) is 0 Å². The Hall–Kier alpha value is -1.25. The molecule has 2 aromatic rings. The molecule has 29 heavy (non-hydrogen) atoms. The number of fused-ring (bicyclic) bond motifs is 2. The molecule has 0 amide bonds. The number of piperidine rings is 1. The second-order valence-corrected chi connectivity index (χ2v) is 10.2. The fourth-order valence-corrected chi connectivity index (χ4v) is 5.68.